The van der Waals surface area contributed by atoms with Crippen LogP contribution in [0.1, 0.15) is 34.9 Å². The fraction of sp³-hybridized carbons (Fsp3) is 0.188. The van der Waals surface area contributed by atoms with Crippen LogP contribution < -0.4 is 5.32 Å². The molecule has 0 unspecified atom stereocenters. The average Bonchev–Trinajstić information content (AvgIpc) is 3.28. The van der Waals surface area contributed by atoms with Gasteiger partial charge in [0.15, 0.2) is 5.13 Å². The molecule has 0 bridgehead atoms. The van der Waals surface area contributed by atoms with Crippen LogP contribution in [0.3, 0.4) is 0 Å². The molecule has 1 fully saturated rings. The summed E-state index contributed by atoms with van der Waals surface area (Å²) in [7, 11) is 0. The highest BCUT2D eigenvalue weighted by Crippen LogP contribution is 2.40. The number of pyridine rings is 1. The van der Waals surface area contributed by atoms with E-state index in [4.69, 9.17) is 0 Å². The van der Waals surface area contributed by atoms with E-state index in [1.54, 1.807) is 12.3 Å². The van der Waals surface area contributed by atoms with Crippen LogP contribution in [-0.2, 0) is 0 Å². The van der Waals surface area contributed by atoms with Crippen molar-refractivity contribution in [2.45, 2.75) is 18.8 Å². The highest BCUT2D eigenvalue weighted by molar-refractivity contribution is 9.10. The third-order valence-corrected chi connectivity index (χ3v) is 5.15. The van der Waals surface area contributed by atoms with Crippen molar-refractivity contribution in [3.05, 3.63) is 51.7 Å². The van der Waals surface area contributed by atoms with Gasteiger partial charge in [-0.05, 0) is 30.4 Å². The molecule has 1 aromatic carbocycles. The van der Waals surface area contributed by atoms with E-state index in [0.29, 0.717) is 16.7 Å². The Kier molecular flexibility index (Phi) is 3.43. The number of carbonyl (C=O) groups is 1. The van der Waals surface area contributed by atoms with Crippen LogP contribution in [0.15, 0.2) is 40.3 Å². The summed E-state index contributed by atoms with van der Waals surface area (Å²) >= 11 is 4.97. The number of nitrogens with zero attached hydrogens (tertiary/aromatic N) is 2. The number of hydrogen-bond donors (Lipinski definition) is 1. The quantitative estimate of drug-likeness (QED) is 0.730. The van der Waals surface area contributed by atoms with E-state index in [9.17, 15) is 4.79 Å². The van der Waals surface area contributed by atoms with Crippen LogP contribution in [-0.4, -0.2) is 15.9 Å². The molecule has 1 amide bonds. The second-order valence-electron chi connectivity index (χ2n) is 5.34. The maximum absolute atomic E-state index is 12.3. The third kappa shape index (κ3) is 2.64. The van der Waals surface area contributed by atoms with E-state index in [0.717, 1.165) is 20.9 Å². The molecule has 110 valence electrons. The minimum absolute atomic E-state index is 0.227. The highest BCUT2D eigenvalue weighted by Gasteiger charge is 2.26. The zero-order valence-corrected chi connectivity index (χ0v) is 13.9. The molecule has 0 saturated heterocycles. The minimum Gasteiger partial charge on any atom is -0.296 e. The van der Waals surface area contributed by atoms with Crippen molar-refractivity contribution in [1.82, 2.24) is 9.97 Å². The van der Waals surface area contributed by atoms with Crippen LogP contribution in [0, 0.1) is 0 Å². The molecular formula is C16H12BrN3OS. The van der Waals surface area contributed by atoms with Crippen LogP contribution >= 0.6 is 27.3 Å². The first-order chi connectivity index (χ1) is 10.7. The average molecular weight is 374 g/mol. The molecule has 1 aliphatic carbocycles. The maximum Gasteiger partial charge on any atom is 0.276 e. The fourth-order valence-corrected chi connectivity index (χ4v) is 3.61. The van der Waals surface area contributed by atoms with Crippen molar-refractivity contribution in [2.24, 2.45) is 0 Å². The second kappa shape index (κ2) is 5.44. The van der Waals surface area contributed by atoms with Gasteiger partial charge in [-0.2, -0.15) is 0 Å². The molecule has 0 aliphatic heterocycles. The Morgan fingerprint density at radius 1 is 1.36 bits per heavy atom. The molecule has 1 saturated carbocycles. The smallest absolute Gasteiger partial charge is 0.276 e. The van der Waals surface area contributed by atoms with Crippen molar-refractivity contribution in [3.63, 3.8) is 0 Å². The standard InChI is InChI=1S/C16H12BrN3OS/c17-12-3-1-2-10-7-18-13(6-11(10)12)15(21)20-16-19-14(8-22-16)9-4-5-9/h1-3,6-9H,4-5H2,(H,19,20,21). The second-order valence-corrected chi connectivity index (χ2v) is 7.05. The number of fused-ring (bicyclic) bond motifs is 1. The lowest BCUT2D eigenvalue weighted by atomic mass is 10.1. The van der Waals surface area contributed by atoms with Gasteiger partial charge in [-0.3, -0.25) is 15.1 Å². The maximum atomic E-state index is 12.3. The first kappa shape index (κ1) is 13.8. The molecule has 2 heterocycles. The topological polar surface area (TPSA) is 54.9 Å². The minimum atomic E-state index is -0.227. The Morgan fingerprint density at radius 2 is 2.23 bits per heavy atom. The van der Waals surface area contributed by atoms with Gasteiger partial charge in [-0.15, -0.1) is 11.3 Å². The van der Waals surface area contributed by atoms with Gasteiger partial charge >= 0.3 is 0 Å². The highest BCUT2D eigenvalue weighted by atomic mass is 79.9. The number of benzene rings is 1. The van der Waals surface area contributed by atoms with E-state index >= 15 is 0 Å². The first-order valence-electron chi connectivity index (χ1n) is 7.02. The van der Waals surface area contributed by atoms with E-state index in [-0.39, 0.29) is 5.91 Å². The third-order valence-electron chi connectivity index (χ3n) is 3.68. The van der Waals surface area contributed by atoms with Crippen LogP contribution in [0.4, 0.5) is 5.13 Å². The number of halogens is 1. The predicted octanol–water partition coefficient (Wildman–Crippen LogP) is 4.58. The number of nitrogens with one attached hydrogen (secondary N) is 1. The molecule has 22 heavy (non-hydrogen) atoms. The van der Waals surface area contributed by atoms with Crippen molar-refractivity contribution in [3.8, 4) is 0 Å². The summed E-state index contributed by atoms with van der Waals surface area (Å²) in [4.78, 5) is 21.1. The summed E-state index contributed by atoms with van der Waals surface area (Å²) in [5, 5.41) is 7.47. The molecule has 2 aromatic heterocycles. The summed E-state index contributed by atoms with van der Waals surface area (Å²) in [5.41, 5.74) is 1.48. The Morgan fingerprint density at radius 3 is 3.05 bits per heavy atom. The monoisotopic (exact) mass is 373 g/mol. The summed E-state index contributed by atoms with van der Waals surface area (Å²) < 4.78 is 0.951. The van der Waals surface area contributed by atoms with Crippen molar-refractivity contribution < 1.29 is 4.79 Å². The lowest BCUT2D eigenvalue weighted by Gasteiger charge is -2.04. The molecule has 4 rings (SSSR count). The summed E-state index contributed by atoms with van der Waals surface area (Å²) in [6.45, 7) is 0. The largest absolute Gasteiger partial charge is 0.296 e. The number of amides is 1. The summed E-state index contributed by atoms with van der Waals surface area (Å²) in [6, 6.07) is 7.66. The van der Waals surface area contributed by atoms with Crippen LogP contribution in [0.2, 0.25) is 0 Å². The zero-order chi connectivity index (χ0) is 15.1. The zero-order valence-electron chi connectivity index (χ0n) is 11.5. The van der Waals surface area contributed by atoms with E-state index in [1.165, 1.54) is 24.2 Å². The molecule has 0 atom stereocenters. The Bertz CT molecular complexity index is 873. The van der Waals surface area contributed by atoms with Gasteiger partial charge in [-0.25, -0.2) is 4.98 Å². The number of hydrogen-bond acceptors (Lipinski definition) is 4. The lowest BCUT2D eigenvalue weighted by molar-refractivity contribution is 0.102. The molecule has 0 spiro atoms. The van der Waals surface area contributed by atoms with E-state index in [1.807, 2.05) is 23.6 Å². The number of aromatic nitrogens is 2. The van der Waals surface area contributed by atoms with Gasteiger partial charge in [0.05, 0.1) is 5.69 Å². The molecule has 4 nitrogen and oxygen atoms in total. The molecular weight excluding hydrogens is 362 g/mol. The van der Waals surface area contributed by atoms with Gasteiger partial charge in [0, 0.05) is 27.4 Å². The molecule has 0 radical (unpaired) electrons. The van der Waals surface area contributed by atoms with Gasteiger partial charge in [0.25, 0.3) is 5.91 Å². The Hall–Kier alpha value is -1.79. The first-order valence-corrected chi connectivity index (χ1v) is 8.69. The van der Waals surface area contributed by atoms with Gasteiger partial charge in [0.1, 0.15) is 5.69 Å². The van der Waals surface area contributed by atoms with Gasteiger partial charge in [-0.1, -0.05) is 28.1 Å². The lowest BCUT2D eigenvalue weighted by Crippen LogP contribution is -2.13. The number of anilines is 1. The Balaban J connectivity index is 1.59. The van der Waals surface area contributed by atoms with Crippen molar-refractivity contribution in [1.29, 1.82) is 0 Å². The fourth-order valence-electron chi connectivity index (χ4n) is 2.33. The van der Waals surface area contributed by atoms with E-state index < -0.39 is 0 Å². The van der Waals surface area contributed by atoms with Crippen molar-refractivity contribution >= 4 is 49.1 Å². The Labute approximate surface area is 139 Å². The number of rotatable bonds is 3. The normalized spacial score (nSPS) is 14.2. The van der Waals surface area contributed by atoms with Gasteiger partial charge < -0.3 is 0 Å². The predicted molar refractivity (Wildman–Crippen MR) is 91.5 cm³/mol. The van der Waals surface area contributed by atoms with Gasteiger partial charge in [0.2, 0.25) is 0 Å². The van der Waals surface area contributed by atoms with Crippen LogP contribution in [0.5, 0.6) is 0 Å². The molecule has 1 aliphatic rings. The molecule has 1 N–H and O–H groups in total. The summed E-state index contributed by atoms with van der Waals surface area (Å²) in [5.74, 6) is 0.367. The number of carbonyl (C=O) groups excluding carboxylic acids is 1. The molecule has 3 aromatic rings. The van der Waals surface area contributed by atoms with E-state index in [2.05, 4.69) is 31.2 Å². The number of thiazole rings is 1. The summed E-state index contributed by atoms with van der Waals surface area (Å²) in [6.07, 6.45) is 4.13. The molecule has 6 heteroatoms. The van der Waals surface area contributed by atoms with Crippen LogP contribution in [0.25, 0.3) is 10.8 Å². The SMILES string of the molecule is O=C(Nc1nc(C2CC2)cs1)c1cc2c(Br)cccc2cn1. The van der Waals surface area contributed by atoms with Crippen molar-refractivity contribution in [2.75, 3.05) is 5.32 Å².